The predicted molar refractivity (Wildman–Crippen MR) is 134 cm³/mol. The lowest BCUT2D eigenvalue weighted by Gasteiger charge is -2.33. The Labute approximate surface area is 200 Å². The van der Waals surface area contributed by atoms with Crippen LogP contribution < -0.4 is 15.8 Å². The lowest BCUT2D eigenvalue weighted by Crippen LogP contribution is -2.41. The summed E-state index contributed by atoms with van der Waals surface area (Å²) in [6.07, 6.45) is 1.34. The maximum atomic E-state index is 13.4. The molecule has 1 amide bonds. The van der Waals surface area contributed by atoms with Gasteiger partial charge in [0.05, 0.1) is 12.1 Å². The average Bonchev–Trinajstić information content (AvgIpc) is 3.33. The molecule has 1 fully saturated rings. The first-order chi connectivity index (χ1) is 16.5. The molecule has 6 nitrogen and oxygen atoms in total. The zero-order valence-corrected chi connectivity index (χ0v) is 19.6. The molecule has 1 saturated heterocycles. The molecule has 0 atom stereocenters. The van der Waals surface area contributed by atoms with E-state index in [9.17, 15) is 14.0 Å². The van der Waals surface area contributed by atoms with E-state index in [1.165, 1.54) is 23.5 Å². The number of amides is 1. The lowest BCUT2D eigenvalue weighted by molar-refractivity contribution is -0.120. The van der Waals surface area contributed by atoms with Gasteiger partial charge in [0.1, 0.15) is 10.5 Å². The third-order valence-corrected chi connectivity index (χ3v) is 7.16. The molecule has 8 heteroatoms. The number of piperidine rings is 1. The molecule has 4 aromatic rings. The number of nitrogens with one attached hydrogen (secondary N) is 1. The number of fused-ring (bicyclic) bond motifs is 1. The summed E-state index contributed by atoms with van der Waals surface area (Å²) in [5, 5.41) is 4.88. The van der Waals surface area contributed by atoms with E-state index in [2.05, 4.69) is 10.2 Å². The minimum absolute atomic E-state index is 0.0217. The van der Waals surface area contributed by atoms with E-state index in [0.29, 0.717) is 48.6 Å². The molecule has 34 heavy (non-hydrogen) atoms. The molecule has 0 bridgehead atoms. The summed E-state index contributed by atoms with van der Waals surface area (Å²) >= 11 is 1.38. The highest BCUT2D eigenvalue weighted by Crippen LogP contribution is 2.26. The monoisotopic (exact) mass is 476 g/mol. The molecule has 3 heterocycles. The molecule has 1 N–H and O–H groups in total. The number of carbonyl (C=O) groups excluding carboxylic acids is 1. The van der Waals surface area contributed by atoms with Crippen molar-refractivity contribution >= 4 is 39.1 Å². The van der Waals surface area contributed by atoms with E-state index in [-0.39, 0.29) is 23.2 Å². The Bertz CT molecular complexity index is 1370. The standard InChI is InChI=1S/C26H25FN4O2S/c1-17-2-8-21(9-3-17)28-24(32)19-10-13-30(14-11-19)26-29-22-12-15-34-23(22)25(33)31(26)16-18-4-6-20(27)7-5-18/h2-9,12,15,19H,10-11,13-14,16H2,1H3,(H,28,32). The van der Waals surface area contributed by atoms with E-state index in [4.69, 9.17) is 4.98 Å². The lowest BCUT2D eigenvalue weighted by atomic mass is 9.96. The number of hydrogen-bond acceptors (Lipinski definition) is 5. The highest BCUT2D eigenvalue weighted by Gasteiger charge is 2.28. The van der Waals surface area contributed by atoms with E-state index >= 15 is 0 Å². The molecule has 1 aliphatic rings. The van der Waals surface area contributed by atoms with Crippen LogP contribution in [0.3, 0.4) is 0 Å². The maximum Gasteiger partial charge on any atom is 0.273 e. The minimum atomic E-state index is -0.311. The smallest absolute Gasteiger partial charge is 0.273 e. The van der Waals surface area contributed by atoms with Crippen LogP contribution in [-0.4, -0.2) is 28.5 Å². The summed E-state index contributed by atoms with van der Waals surface area (Å²) in [6.45, 7) is 3.57. The highest BCUT2D eigenvalue weighted by atomic mass is 32.1. The van der Waals surface area contributed by atoms with Gasteiger partial charge in [-0.1, -0.05) is 29.8 Å². The molecule has 0 aliphatic carbocycles. The zero-order chi connectivity index (χ0) is 23.7. The van der Waals surface area contributed by atoms with Gasteiger partial charge in [-0.15, -0.1) is 11.3 Å². The molecule has 0 unspecified atom stereocenters. The second-order valence-electron chi connectivity index (χ2n) is 8.68. The number of aryl methyl sites for hydroxylation is 1. The van der Waals surface area contributed by atoms with Crippen LogP contribution >= 0.6 is 11.3 Å². The fourth-order valence-corrected chi connectivity index (χ4v) is 5.09. The van der Waals surface area contributed by atoms with E-state index in [1.54, 1.807) is 16.7 Å². The summed E-state index contributed by atoms with van der Waals surface area (Å²) in [7, 11) is 0. The van der Waals surface area contributed by atoms with Crippen LogP contribution in [0.25, 0.3) is 10.2 Å². The zero-order valence-electron chi connectivity index (χ0n) is 18.8. The third kappa shape index (κ3) is 4.59. The van der Waals surface area contributed by atoms with Crippen molar-refractivity contribution in [1.29, 1.82) is 0 Å². The molecular weight excluding hydrogens is 451 g/mol. The average molecular weight is 477 g/mol. The highest BCUT2D eigenvalue weighted by molar-refractivity contribution is 7.17. The number of hydrogen-bond donors (Lipinski definition) is 1. The van der Waals surface area contributed by atoms with Gasteiger partial charge in [-0.2, -0.15) is 0 Å². The van der Waals surface area contributed by atoms with Crippen molar-refractivity contribution in [3.05, 3.63) is 87.3 Å². The first kappa shape index (κ1) is 22.3. The normalized spacial score (nSPS) is 14.5. The number of aromatic nitrogens is 2. The molecule has 0 spiro atoms. The number of anilines is 2. The van der Waals surface area contributed by atoms with Crippen LogP contribution in [0.4, 0.5) is 16.0 Å². The van der Waals surface area contributed by atoms with Crippen molar-refractivity contribution in [2.45, 2.75) is 26.3 Å². The van der Waals surface area contributed by atoms with Crippen LogP contribution in [0.2, 0.25) is 0 Å². The summed E-state index contributed by atoms with van der Waals surface area (Å²) in [6, 6.07) is 15.8. The molecule has 174 valence electrons. The van der Waals surface area contributed by atoms with Gasteiger partial charge in [0.25, 0.3) is 5.56 Å². The fraction of sp³-hybridized carbons (Fsp3) is 0.269. The Morgan fingerprint density at radius 2 is 1.79 bits per heavy atom. The van der Waals surface area contributed by atoms with Crippen molar-refractivity contribution in [2.24, 2.45) is 5.92 Å². The Morgan fingerprint density at radius 1 is 1.09 bits per heavy atom. The number of nitrogens with zero attached hydrogens (tertiary/aromatic N) is 3. The maximum absolute atomic E-state index is 13.4. The van der Waals surface area contributed by atoms with Crippen LogP contribution in [0.15, 0.2) is 64.8 Å². The molecule has 2 aromatic heterocycles. The van der Waals surface area contributed by atoms with E-state index in [1.807, 2.05) is 42.6 Å². The number of halogens is 1. The molecular formula is C26H25FN4O2S. The molecule has 2 aromatic carbocycles. The quantitative estimate of drug-likeness (QED) is 0.449. The molecule has 0 saturated carbocycles. The molecule has 0 radical (unpaired) electrons. The Morgan fingerprint density at radius 3 is 2.50 bits per heavy atom. The van der Waals surface area contributed by atoms with Crippen molar-refractivity contribution in [2.75, 3.05) is 23.3 Å². The number of rotatable bonds is 5. The molecule has 5 rings (SSSR count). The minimum Gasteiger partial charge on any atom is -0.342 e. The van der Waals surface area contributed by atoms with E-state index in [0.717, 1.165) is 16.8 Å². The van der Waals surface area contributed by atoms with Crippen molar-refractivity contribution in [3.63, 3.8) is 0 Å². The van der Waals surface area contributed by atoms with Crippen LogP contribution in [0.5, 0.6) is 0 Å². The van der Waals surface area contributed by atoms with Gasteiger partial charge in [0.15, 0.2) is 0 Å². The van der Waals surface area contributed by atoms with Gasteiger partial charge in [-0.3, -0.25) is 14.2 Å². The summed E-state index contributed by atoms with van der Waals surface area (Å²) in [4.78, 5) is 33.0. The fourth-order valence-electron chi connectivity index (χ4n) is 4.31. The van der Waals surface area contributed by atoms with Crippen LogP contribution in [-0.2, 0) is 11.3 Å². The van der Waals surface area contributed by atoms with Gasteiger partial charge >= 0.3 is 0 Å². The van der Waals surface area contributed by atoms with Gasteiger partial charge in [-0.25, -0.2) is 9.37 Å². The number of thiophene rings is 1. The van der Waals surface area contributed by atoms with Crippen LogP contribution in [0.1, 0.15) is 24.0 Å². The summed E-state index contributed by atoms with van der Waals surface area (Å²) in [5.41, 5.74) is 3.36. The largest absolute Gasteiger partial charge is 0.342 e. The SMILES string of the molecule is Cc1ccc(NC(=O)C2CCN(c3nc4ccsc4c(=O)n3Cc3ccc(F)cc3)CC2)cc1. The van der Waals surface area contributed by atoms with E-state index < -0.39 is 0 Å². The van der Waals surface area contributed by atoms with Crippen molar-refractivity contribution in [1.82, 2.24) is 9.55 Å². The number of benzene rings is 2. The van der Waals surface area contributed by atoms with Gasteiger partial charge in [0, 0.05) is 24.7 Å². The van der Waals surface area contributed by atoms with Crippen LogP contribution in [0, 0.1) is 18.7 Å². The second kappa shape index (κ2) is 9.38. The number of carbonyl (C=O) groups is 1. The van der Waals surface area contributed by atoms with Gasteiger partial charge < -0.3 is 10.2 Å². The Kier molecular flexibility index (Phi) is 6.15. The van der Waals surface area contributed by atoms with Crippen molar-refractivity contribution < 1.29 is 9.18 Å². The van der Waals surface area contributed by atoms with Crippen molar-refractivity contribution in [3.8, 4) is 0 Å². The van der Waals surface area contributed by atoms with Gasteiger partial charge in [-0.05, 0) is 61.0 Å². The van der Waals surface area contributed by atoms with Gasteiger partial charge in [0.2, 0.25) is 11.9 Å². The third-order valence-electron chi connectivity index (χ3n) is 6.27. The summed E-state index contributed by atoms with van der Waals surface area (Å²) < 4.78 is 15.7. The Balaban J connectivity index is 1.36. The predicted octanol–water partition coefficient (Wildman–Crippen LogP) is 4.81. The Hall–Kier alpha value is -3.52. The molecule has 1 aliphatic heterocycles. The first-order valence-corrected chi connectivity index (χ1v) is 12.2. The topological polar surface area (TPSA) is 67.2 Å². The first-order valence-electron chi connectivity index (χ1n) is 11.3. The second-order valence-corrected chi connectivity index (χ2v) is 9.60. The summed E-state index contributed by atoms with van der Waals surface area (Å²) in [5.74, 6) is 0.208.